The largest absolute Gasteiger partial charge is 0.315 e. The fourth-order valence-electron chi connectivity index (χ4n) is 1.42. The molecule has 0 saturated carbocycles. The van der Waals surface area contributed by atoms with Crippen molar-refractivity contribution in [2.45, 2.75) is 52.5 Å². The van der Waals surface area contributed by atoms with E-state index in [9.17, 15) is 0 Å². The highest BCUT2D eigenvalue weighted by Crippen LogP contribution is 2.32. The number of thiazole rings is 1. The lowest BCUT2D eigenvalue weighted by molar-refractivity contribution is 0.581. The second-order valence-corrected chi connectivity index (χ2v) is 6.35. The predicted octanol–water partition coefficient (Wildman–Crippen LogP) is 3.28. The van der Waals surface area contributed by atoms with Crippen LogP contribution in [0.4, 0.5) is 0 Å². The Kier molecular flexibility index (Phi) is 3.90. The van der Waals surface area contributed by atoms with Crippen molar-refractivity contribution < 1.29 is 0 Å². The Labute approximate surface area is 97.1 Å². The van der Waals surface area contributed by atoms with Gasteiger partial charge in [0.1, 0.15) is 0 Å². The third kappa shape index (κ3) is 3.02. The first-order valence-electron chi connectivity index (χ1n) is 5.51. The molecule has 0 unspecified atom stereocenters. The van der Waals surface area contributed by atoms with Gasteiger partial charge in [0, 0.05) is 16.8 Å². The van der Waals surface area contributed by atoms with Crippen LogP contribution in [0.15, 0.2) is 0 Å². The molecule has 1 N–H and O–H groups in total. The summed E-state index contributed by atoms with van der Waals surface area (Å²) in [7, 11) is 1.99. The molecule has 0 aliphatic carbocycles. The smallest absolute Gasteiger partial charge is 0.0985 e. The summed E-state index contributed by atoms with van der Waals surface area (Å²) in [5.74, 6) is 0.515. The van der Waals surface area contributed by atoms with Gasteiger partial charge in [0.15, 0.2) is 0 Å². The topological polar surface area (TPSA) is 24.9 Å². The molecular formula is C12H22N2S. The zero-order valence-electron chi connectivity index (χ0n) is 10.6. The van der Waals surface area contributed by atoms with Crippen molar-refractivity contribution in [1.82, 2.24) is 10.3 Å². The zero-order valence-corrected chi connectivity index (χ0v) is 11.5. The molecule has 0 bridgehead atoms. The molecule has 1 aromatic rings. The number of nitrogens with zero attached hydrogens (tertiary/aromatic N) is 1. The summed E-state index contributed by atoms with van der Waals surface area (Å²) in [5.41, 5.74) is 1.43. The highest BCUT2D eigenvalue weighted by atomic mass is 32.1. The fourth-order valence-corrected chi connectivity index (χ4v) is 2.71. The molecule has 2 nitrogen and oxygen atoms in total. The fraction of sp³-hybridized carbons (Fsp3) is 0.750. The van der Waals surface area contributed by atoms with Crippen LogP contribution in [-0.4, -0.2) is 12.0 Å². The molecule has 15 heavy (non-hydrogen) atoms. The molecule has 0 aromatic carbocycles. The van der Waals surface area contributed by atoms with Crippen LogP contribution >= 0.6 is 11.3 Å². The number of rotatable bonds is 3. The molecule has 1 aromatic heterocycles. The molecule has 0 amide bonds. The molecule has 0 atom stereocenters. The van der Waals surface area contributed by atoms with Crippen molar-refractivity contribution in [3.63, 3.8) is 0 Å². The minimum Gasteiger partial charge on any atom is -0.315 e. The summed E-state index contributed by atoms with van der Waals surface area (Å²) in [6.45, 7) is 12.0. The van der Waals surface area contributed by atoms with E-state index in [0.717, 1.165) is 6.54 Å². The summed E-state index contributed by atoms with van der Waals surface area (Å²) >= 11 is 1.85. The Hall–Kier alpha value is -0.410. The van der Waals surface area contributed by atoms with E-state index in [-0.39, 0.29) is 5.41 Å². The van der Waals surface area contributed by atoms with Crippen LogP contribution in [0.1, 0.15) is 56.1 Å². The molecule has 0 radical (unpaired) electrons. The van der Waals surface area contributed by atoms with Gasteiger partial charge in [0.25, 0.3) is 0 Å². The molecule has 0 aliphatic heterocycles. The summed E-state index contributed by atoms with van der Waals surface area (Å²) in [4.78, 5) is 6.16. The number of hydrogen-bond donors (Lipinski definition) is 1. The van der Waals surface area contributed by atoms with Gasteiger partial charge in [-0.2, -0.15) is 0 Å². The van der Waals surface area contributed by atoms with Crippen LogP contribution in [0.25, 0.3) is 0 Å². The quantitative estimate of drug-likeness (QED) is 0.855. The maximum Gasteiger partial charge on any atom is 0.0985 e. The van der Waals surface area contributed by atoms with Crippen LogP contribution in [0.3, 0.4) is 0 Å². The average Bonchev–Trinajstić information content (AvgIpc) is 2.48. The van der Waals surface area contributed by atoms with Crippen LogP contribution in [0, 0.1) is 0 Å². The molecule has 3 heteroatoms. The Bertz CT molecular complexity index is 321. The van der Waals surface area contributed by atoms with Crippen LogP contribution < -0.4 is 5.32 Å². The highest BCUT2D eigenvalue weighted by Gasteiger charge is 2.22. The van der Waals surface area contributed by atoms with Crippen LogP contribution in [0.2, 0.25) is 0 Å². The molecule has 86 valence electrons. The average molecular weight is 226 g/mol. The van der Waals surface area contributed by atoms with Gasteiger partial charge in [-0.25, -0.2) is 4.98 Å². The molecule has 0 fully saturated rings. The Morgan fingerprint density at radius 2 is 1.93 bits per heavy atom. The van der Waals surface area contributed by atoms with E-state index in [1.165, 1.54) is 15.6 Å². The SMILES string of the molecule is CNCc1sc(C(C)(C)C)nc1C(C)C. The second kappa shape index (κ2) is 4.62. The number of nitrogens with one attached hydrogen (secondary N) is 1. The van der Waals surface area contributed by atoms with E-state index in [1.807, 2.05) is 18.4 Å². The molecular weight excluding hydrogens is 204 g/mol. The standard InChI is InChI=1S/C12H22N2S/c1-8(2)10-9(7-13-6)15-11(14-10)12(3,4)5/h8,13H,7H2,1-6H3. The predicted molar refractivity (Wildman–Crippen MR) is 67.7 cm³/mol. The van der Waals surface area contributed by atoms with E-state index in [1.54, 1.807) is 0 Å². The maximum atomic E-state index is 4.78. The van der Waals surface area contributed by atoms with E-state index >= 15 is 0 Å². The Balaban J connectivity index is 3.09. The summed E-state index contributed by atoms with van der Waals surface area (Å²) < 4.78 is 0. The third-order valence-corrected chi connectivity index (χ3v) is 3.75. The van der Waals surface area contributed by atoms with E-state index in [2.05, 4.69) is 39.9 Å². The number of aromatic nitrogens is 1. The lowest BCUT2D eigenvalue weighted by Gasteiger charge is -2.13. The first kappa shape index (κ1) is 12.7. The van der Waals surface area contributed by atoms with Gasteiger partial charge >= 0.3 is 0 Å². The third-order valence-electron chi connectivity index (χ3n) is 2.25. The molecule has 0 aliphatic rings. The molecule has 1 rings (SSSR count). The minimum atomic E-state index is 0.167. The van der Waals surface area contributed by atoms with Crippen LogP contribution in [-0.2, 0) is 12.0 Å². The van der Waals surface area contributed by atoms with E-state index < -0.39 is 0 Å². The van der Waals surface area contributed by atoms with Gasteiger partial charge in [0.2, 0.25) is 0 Å². The molecule has 0 spiro atoms. The maximum absolute atomic E-state index is 4.78. The van der Waals surface area contributed by atoms with E-state index in [0.29, 0.717) is 5.92 Å². The van der Waals surface area contributed by atoms with Crippen molar-refractivity contribution >= 4 is 11.3 Å². The van der Waals surface area contributed by atoms with Crippen molar-refractivity contribution in [1.29, 1.82) is 0 Å². The number of hydrogen-bond acceptors (Lipinski definition) is 3. The Morgan fingerprint density at radius 1 is 1.33 bits per heavy atom. The van der Waals surface area contributed by atoms with E-state index in [4.69, 9.17) is 4.98 Å². The summed E-state index contributed by atoms with van der Waals surface area (Å²) in [6, 6.07) is 0. The van der Waals surface area contributed by atoms with Gasteiger partial charge in [-0.05, 0) is 13.0 Å². The normalized spacial score (nSPS) is 12.5. The summed E-state index contributed by atoms with van der Waals surface area (Å²) in [6.07, 6.45) is 0. The molecule has 1 heterocycles. The van der Waals surface area contributed by atoms with Gasteiger partial charge < -0.3 is 5.32 Å². The lowest BCUT2D eigenvalue weighted by atomic mass is 9.98. The first-order chi connectivity index (χ1) is 6.86. The lowest BCUT2D eigenvalue weighted by Crippen LogP contribution is -2.10. The van der Waals surface area contributed by atoms with Gasteiger partial charge in [-0.3, -0.25) is 0 Å². The minimum absolute atomic E-state index is 0.167. The van der Waals surface area contributed by atoms with Gasteiger partial charge in [0.05, 0.1) is 10.7 Å². The zero-order chi connectivity index (χ0) is 11.6. The second-order valence-electron chi connectivity index (χ2n) is 5.26. The van der Waals surface area contributed by atoms with Crippen LogP contribution in [0.5, 0.6) is 0 Å². The van der Waals surface area contributed by atoms with Crippen molar-refractivity contribution in [3.8, 4) is 0 Å². The van der Waals surface area contributed by atoms with Gasteiger partial charge in [-0.15, -0.1) is 11.3 Å². The molecule has 0 saturated heterocycles. The highest BCUT2D eigenvalue weighted by molar-refractivity contribution is 7.11. The summed E-state index contributed by atoms with van der Waals surface area (Å²) in [5, 5.41) is 4.46. The van der Waals surface area contributed by atoms with Crippen molar-refractivity contribution in [2.24, 2.45) is 0 Å². The van der Waals surface area contributed by atoms with Crippen molar-refractivity contribution in [2.75, 3.05) is 7.05 Å². The van der Waals surface area contributed by atoms with Crippen molar-refractivity contribution in [3.05, 3.63) is 15.6 Å². The monoisotopic (exact) mass is 226 g/mol. The first-order valence-corrected chi connectivity index (χ1v) is 6.32. The Morgan fingerprint density at radius 3 is 2.33 bits per heavy atom. The van der Waals surface area contributed by atoms with Gasteiger partial charge in [-0.1, -0.05) is 34.6 Å².